The third-order valence-corrected chi connectivity index (χ3v) is 3.57. The first-order valence-electron chi connectivity index (χ1n) is 6.34. The summed E-state index contributed by atoms with van der Waals surface area (Å²) >= 11 is 0. The van der Waals surface area contributed by atoms with Crippen molar-refractivity contribution >= 4 is 0 Å². The molecule has 1 heteroatoms. The van der Waals surface area contributed by atoms with Gasteiger partial charge in [-0.3, -0.25) is 0 Å². The molecule has 0 fully saturated rings. The number of hydrogen-bond donors (Lipinski definition) is 0. The summed E-state index contributed by atoms with van der Waals surface area (Å²) in [4.78, 5) is 0. The summed E-state index contributed by atoms with van der Waals surface area (Å²) in [6, 6.07) is 0. The molecule has 15 heavy (non-hydrogen) atoms. The predicted octanol–water partition coefficient (Wildman–Crippen LogP) is 3.94. The predicted molar refractivity (Wildman–Crippen MR) is 70.0 cm³/mol. The van der Waals surface area contributed by atoms with E-state index in [0.717, 1.165) is 4.48 Å². The lowest BCUT2D eigenvalue weighted by Gasteiger charge is -2.40. The largest absolute Gasteiger partial charge is 0.330 e. The van der Waals surface area contributed by atoms with Crippen molar-refractivity contribution < 1.29 is 4.48 Å². The van der Waals surface area contributed by atoms with Crippen LogP contribution in [-0.4, -0.2) is 32.2 Å². The first-order chi connectivity index (χ1) is 6.54. The van der Waals surface area contributed by atoms with E-state index in [1.54, 1.807) is 0 Å². The molecule has 92 valence electrons. The molecule has 0 amide bonds. The molecule has 0 heterocycles. The first kappa shape index (κ1) is 15.0. The van der Waals surface area contributed by atoms with Crippen LogP contribution >= 0.6 is 0 Å². The Morgan fingerprint density at radius 2 is 1.33 bits per heavy atom. The molecule has 0 aliphatic heterocycles. The van der Waals surface area contributed by atoms with Crippen LogP contribution in [0.3, 0.4) is 0 Å². The number of nitrogens with zero attached hydrogens (tertiary/aromatic N) is 1. The maximum absolute atomic E-state index is 2.45. The highest BCUT2D eigenvalue weighted by atomic mass is 15.3. The van der Waals surface area contributed by atoms with E-state index in [0.29, 0.717) is 10.8 Å². The summed E-state index contributed by atoms with van der Waals surface area (Å²) in [6.45, 7) is 13.2. The molecule has 0 saturated heterocycles. The van der Waals surface area contributed by atoms with Crippen molar-refractivity contribution in [1.29, 1.82) is 0 Å². The van der Waals surface area contributed by atoms with E-state index < -0.39 is 0 Å². The Bertz CT molecular complexity index is 188. The summed E-state index contributed by atoms with van der Waals surface area (Å²) in [5.74, 6) is 0. The molecule has 0 rings (SSSR count). The monoisotopic (exact) mass is 214 g/mol. The van der Waals surface area contributed by atoms with E-state index in [9.17, 15) is 0 Å². The second-order valence-electron chi connectivity index (χ2n) is 7.31. The standard InChI is InChI=1S/C14H32N/c1-9-13(3,4)11-14(5,10-2)12-15(6,7)8/h9-12H2,1-8H3/q+1. The Morgan fingerprint density at radius 1 is 0.867 bits per heavy atom. The van der Waals surface area contributed by atoms with Gasteiger partial charge in [-0.15, -0.1) is 0 Å². The molecule has 0 aliphatic rings. The van der Waals surface area contributed by atoms with Gasteiger partial charge in [0.15, 0.2) is 0 Å². The van der Waals surface area contributed by atoms with Gasteiger partial charge in [-0.2, -0.15) is 0 Å². The highest BCUT2D eigenvalue weighted by Gasteiger charge is 2.34. The van der Waals surface area contributed by atoms with Gasteiger partial charge in [0.25, 0.3) is 0 Å². The van der Waals surface area contributed by atoms with Crippen LogP contribution in [0.2, 0.25) is 0 Å². The SMILES string of the molecule is CCC(C)(C)CC(C)(CC)C[N+](C)(C)C. The van der Waals surface area contributed by atoms with Crippen LogP contribution in [0, 0.1) is 10.8 Å². The lowest BCUT2D eigenvalue weighted by Crippen LogP contribution is -2.45. The maximum atomic E-state index is 2.45. The average Bonchev–Trinajstić information content (AvgIpc) is 2.00. The van der Waals surface area contributed by atoms with Gasteiger partial charge in [0.1, 0.15) is 0 Å². The minimum Gasteiger partial charge on any atom is -0.330 e. The van der Waals surface area contributed by atoms with E-state index in [1.165, 1.54) is 25.8 Å². The average molecular weight is 214 g/mol. The molecule has 1 unspecified atom stereocenters. The van der Waals surface area contributed by atoms with E-state index in [2.05, 4.69) is 55.8 Å². The van der Waals surface area contributed by atoms with Crippen LogP contribution in [0.4, 0.5) is 0 Å². The Kier molecular flexibility index (Phi) is 4.85. The molecule has 0 aromatic heterocycles. The number of rotatable bonds is 6. The number of quaternary nitrogens is 1. The molecule has 0 bridgehead atoms. The van der Waals surface area contributed by atoms with Crippen LogP contribution in [0.5, 0.6) is 0 Å². The fourth-order valence-corrected chi connectivity index (χ4v) is 2.72. The van der Waals surface area contributed by atoms with Gasteiger partial charge in [-0.05, 0) is 18.3 Å². The van der Waals surface area contributed by atoms with Gasteiger partial charge in [0, 0.05) is 5.41 Å². The fourth-order valence-electron chi connectivity index (χ4n) is 2.72. The third-order valence-electron chi connectivity index (χ3n) is 3.57. The topological polar surface area (TPSA) is 0 Å². The van der Waals surface area contributed by atoms with Gasteiger partial charge >= 0.3 is 0 Å². The van der Waals surface area contributed by atoms with Crippen molar-refractivity contribution in [3.8, 4) is 0 Å². The smallest absolute Gasteiger partial charge is 0.0834 e. The zero-order valence-electron chi connectivity index (χ0n) is 12.3. The minimum atomic E-state index is 0.484. The van der Waals surface area contributed by atoms with Crippen molar-refractivity contribution in [2.45, 2.75) is 53.9 Å². The lowest BCUT2D eigenvalue weighted by atomic mass is 9.71. The van der Waals surface area contributed by atoms with Gasteiger partial charge in [0.2, 0.25) is 0 Å². The van der Waals surface area contributed by atoms with Crippen LogP contribution in [-0.2, 0) is 0 Å². The molecule has 0 radical (unpaired) electrons. The summed E-state index contributed by atoms with van der Waals surface area (Å²) in [5.41, 5.74) is 0.970. The Labute approximate surface area is 97.5 Å². The second kappa shape index (κ2) is 4.86. The quantitative estimate of drug-likeness (QED) is 0.588. The van der Waals surface area contributed by atoms with Crippen LogP contribution < -0.4 is 0 Å². The highest BCUT2D eigenvalue weighted by Crippen LogP contribution is 2.39. The molecular weight excluding hydrogens is 182 g/mol. The van der Waals surface area contributed by atoms with Crippen molar-refractivity contribution in [1.82, 2.24) is 0 Å². The van der Waals surface area contributed by atoms with Crippen LogP contribution in [0.1, 0.15) is 53.9 Å². The maximum Gasteiger partial charge on any atom is 0.0834 e. The summed E-state index contributed by atoms with van der Waals surface area (Å²) in [5, 5.41) is 0. The van der Waals surface area contributed by atoms with Crippen molar-refractivity contribution in [2.75, 3.05) is 27.7 Å². The van der Waals surface area contributed by atoms with E-state index in [1.807, 2.05) is 0 Å². The van der Waals surface area contributed by atoms with E-state index in [4.69, 9.17) is 0 Å². The van der Waals surface area contributed by atoms with Gasteiger partial charge in [0.05, 0.1) is 27.7 Å². The number of hydrogen-bond acceptors (Lipinski definition) is 0. The molecular formula is C14H32N+. The molecule has 0 spiro atoms. The fraction of sp³-hybridized carbons (Fsp3) is 1.00. The third kappa shape index (κ3) is 6.19. The first-order valence-corrected chi connectivity index (χ1v) is 6.34. The van der Waals surface area contributed by atoms with E-state index >= 15 is 0 Å². The summed E-state index contributed by atoms with van der Waals surface area (Å²) in [6.07, 6.45) is 3.90. The Morgan fingerprint density at radius 3 is 1.60 bits per heavy atom. The van der Waals surface area contributed by atoms with E-state index in [-0.39, 0.29) is 0 Å². The Hall–Kier alpha value is -0.0400. The normalized spacial score (nSPS) is 17.6. The summed E-state index contributed by atoms with van der Waals surface area (Å²) in [7, 11) is 6.90. The van der Waals surface area contributed by atoms with Gasteiger partial charge < -0.3 is 4.48 Å². The molecule has 0 saturated carbocycles. The molecule has 0 aromatic rings. The van der Waals surface area contributed by atoms with Crippen LogP contribution in [0.25, 0.3) is 0 Å². The molecule has 0 aliphatic carbocycles. The van der Waals surface area contributed by atoms with Crippen LogP contribution in [0.15, 0.2) is 0 Å². The molecule has 1 nitrogen and oxygen atoms in total. The molecule has 0 N–H and O–H groups in total. The minimum absolute atomic E-state index is 0.484. The zero-order valence-corrected chi connectivity index (χ0v) is 12.3. The van der Waals surface area contributed by atoms with Gasteiger partial charge in [-0.1, -0.05) is 41.0 Å². The zero-order chi connectivity index (χ0) is 12.3. The second-order valence-corrected chi connectivity index (χ2v) is 7.31. The lowest BCUT2D eigenvalue weighted by molar-refractivity contribution is -0.877. The van der Waals surface area contributed by atoms with Crippen molar-refractivity contribution in [3.05, 3.63) is 0 Å². The summed E-state index contributed by atoms with van der Waals surface area (Å²) < 4.78 is 1.07. The van der Waals surface area contributed by atoms with Crippen molar-refractivity contribution in [2.24, 2.45) is 10.8 Å². The highest BCUT2D eigenvalue weighted by molar-refractivity contribution is 4.80. The Balaban J connectivity index is 4.58. The molecule has 0 aromatic carbocycles. The molecule has 1 atom stereocenters. The van der Waals surface area contributed by atoms with Crippen molar-refractivity contribution in [3.63, 3.8) is 0 Å². The van der Waals surface area contributed by atoms with Gasteiger partial charge in [-0.25, -0.2) is 0 Å².